The minimum Gasteiger partial charge on any atom is -0.462 e. The van der Waals surface area contributed by atoms with Crippen LogP contribution >= 0.6 is 0 Å². The summed E-state index contributed by atoms with van der Waals surface area (Å²) in [7, 11) is 0. The van der Waals surface area contributed by atoms with Crippen LogP contribution < -0.4 is 0 Å². The van der Waals surface area contributed by atoms with E-state index in [9.17, 15) is 4.79 Å². The Kier molecular flexibility index (Phi) is 4.42. The van der Waals surface area contributed by atoms with Crippen molar-refractivity contribution in [3.05, 3.63) is 71.7 Å². The molecule has 2 aromatic heterocycles. The van der Waals surface area contributed by atoms with Gasteiger partial charge in [0.2, 0.25) is 0 Å². The number of carbonyl (C=O) groups is 1. The van der Waals surface area contributed by atoms with Gasteiger partial charge in [0.1, 0.15) is 5.69 Å². The van der Waals surface area contributed by atoms with Gasteiger partial charge < -0.3 is 4.74 Å². The molecule has 4 aromatic rings. The van der Waals surface area contributed by atoms with Crippen molar-refractivity contribution in [2.24, 2.45) is 0 Å². The van der Waals surface area contributed by atoms with E-state index in [1.54, 1.807) is 22.5 Å². The van der Waals surface area contributed by atoms with Gasteiger partial charge >= 0.3 is 5.97 Å². The van der Waals surface area contributed by atoms with Crippen LogP contribution in [0.2, 0.25) is 0 Å². The van der Waals surface area contributed by atoms with E-state index >= 15 is 0 Å². The first kappa shape index (κ1) is 17.0. The zero-order valence-electron chi connectivity index (χ0n) is 15.2. The molecule has 0 bridgehead atoms. The van der Waals surface area contributed by atoms with Gasteiger partial charge in [-0.15, -0.1) is 0 Å². The average Bonchev–Trinajstić information content (AvgIpc) is 3.26. The Bertz CT molecular complexity index is 1100. The number of aryl methyl sites for hydroxylation is 1. The minimum atomic E-state index is -0.339. The van der Waals surface area contributed by atoms with Crippen LogP contribution in [0.4, 0.5) is 0 Å². The van der Waals surface area contributed by atoms with Gasteiger partial charge in [-0.2, -0.15) is 20.1 Å². The van der Waals surface area contributed by atoms with Crippen LogP contribution in [0.3, 0.4) is 0 Å². The molecule has 0 spiro atoms. The smallest absolute Gasteiger partial charge is 0.338 e. The normalized spacial score (nSPS) is 11.0. The summed E-state index contributed by atoms with van der Waals surface area (Å²) in [5, 5.41) is 14.4. The van der Waals surface area contributed by atoms with Crippen LogP contribution in [0.25, 0.3) is 16.6 Å². The molecule has 2 aromatic carbocycles. The summed E-state index contributed by atoms with van der Waals surface area (Å²) in [5.41, 5.74) is 3.83. The Balaban J connectivity index is 1.66. The van der Waals surface area contributed by atoms with E-state index in [1.807, 2.05) is 55.6 Å². The van der Waals surface area contributed by atoms with E-state index in [1.165, 1.54) is 0 Å². The first-order valence-electron chi connectivity index (χ1n) is 8.77. The lowest BCUT2D eigenvalue weighted by atomic mass is 10.1. The van der Waals surface area contributed by atoms with Gasteiger partial charge in [-0.3, -0.25) is 4.68 Å². The fraction of sp³-hybridized carbons (Fsp3) is 0.200. The number of fused-ring (bicyclic) bond motifs is 1. The summed E-state index contributed by atoms with van der Waals surface area (Å²) in [6.45, 7) is 4.52. The number of benzene rings is 2. The van der Waals surface area contributed by atoms with Crippen LogP contribution in [-0.4, -0.2) is 37.4 Å². The van der Waals surface area contributed by atoms with Gasteiger partial charge in [0.15, 0.2) is 0 Å². The quantitative estimate of drug-likeness (QED) is 0.511. The summed E-state index contributed by atoms with van der Waals surface area (Å²) < 4.78 is 6.91. The molecule has 7 heteroatoms. The fourth-order valence-corrected chi connectivity index (χ4v) is 2.95. The molecule has 0 unspecified atom stereocenters. The average molecular weight is 361 g/mol. The molecule has 7 nitrogen and oxygen atoms in total. The topological polar surface area (TPSA) is 74.8 Å². The van der Waals surface area contributed by atoms with Gasteiger partial charge in [-0.05, 0) is 38.1 Å². The van der Waals surface area contributed by atoms with Gasteiger partial charge in [0.25, 0.3) is 0 Å². The fourth-order valence-electron chi connectivity index (χ4n) is 2.95. The summed E-state index contributed by atoms with van der Waals surface area (Å²) in [5.74, 6) is -0.339. The highest BCUT2D eigenvalue weighted by molar-refractivity contribution is 6.03. The van der Waals surface area contributed by atoms with E-state index in [-0.39, 0.29) is 5.97 Å². The van der Waals surface area contributed by atoms with Crippen molar-refractivity contribution in [3.63, 3.8) is 0 Å². The first-order chi connectivity index (χ1) is 13.2. The highest BCUT2D eigenvalue weighted by Crippen LogP contribution is 2.19. The molecular formula is C20H19N5O2. The SMILES string of the molecule is CCOC(=O)c1cccc2nn(Cc3nn(-c4ccccc4)nc3C)cc12. The molecule has 2 heterocycles. The third kappa shape index (κ3) is 3.31. The van der Waals surface area contributed by atoms with Crippen molar-refractivity contribution in [1.82, 2.24) is 24.8 Å². The highest BCUT2D eigenvalue weighted by Gasteiger charge is 2.15. The van der Waals surface area contributed by atoms with E-state index in [0.29, 0.717) is 18.7 Å². The zero-order valence-corrected chi connectivity index (χ0v) is 15.2. The van der Waals surface area contributed by atoms with E-state index < -0.39 is 0 Å². The maximum absolute atomic E-state index is 12.2. The van der Waals surface area contributed by atoms with Gasteiger partial charge in [0, 0.05) is 11.6 Å². The van der Waals surface area contributed by atoms with E-state index in [0.717, 1.165) is 28.0 Å². The predicted octanol–water partition coefficient (Wildman–Crippen LogP) is 3.15. The number of esters is 1. The van der Waals surface area contributed by atoms with Crippen LogP contribution in [0.1, 0.15) is 28.7 Å². The molecule has 0 amide bonds. The van der Waals surface area contributed by atoms with Crippen molar-refractivity contribution in [2.75, 3.05) is 6.61 Å². The number of nitrogens with zero attached hydrogens (tertiary/aromatic N) is 5. The number of hydrogen-bond acceptors (Lipinski definition) is 5. The van der Waals surface area contributed by atoms with E-state index in [4.69, 9.17) is 4.74 Å². The Morgan fingerprint density at radius 2 is 1.85 bits per heavy atom. The van der Waals surface area contributed by atoms with Crippen LogP contribution in [0, 0.1) is 6.92 Å². The number of ether oxygens (including phenoxy) is 1. The van der Waals surface area contributed by atoms with Crippen LogP contribution in [0.5, 0.6) is 0 Å². The number of para-hydroxylation sites is 1. The zero-order chi connectivity index (χ0) is 18.8. The molecule has 0 aliphatic carbocycles. The van der Waals surface area contributed by atoms with Crippen molar-refractivity contribution in [1.29, 1.82) is 0 Å². The Morgan fingerprint density at radius 1 is 1.04 bits per heavy atom. The molecule has 0 atom stereocenters. The largest absolute Gasteiger partial charge is 0.462 e. The number of rotatable bonds is 5. The van der Waals surface area contributed by atoms with Gasteiger partial charge in [-0.25, -0.2) is 4.79 Å². The second-order valence-electron chi connectivity index (χ2n) is 6.14. The molecule has 0 aliphatic rings. The summed E-state index contributed by atoms with van der Waals surface area (Å²) in [6.07, 6.45) is 1.85. The molecule has 0 aliphatic heterocycles. The lowest BCUT2D eigenvalue weighted by Crippen LogP contribution is -2.04. The molecule has 0 radical (unpaired) electrons. The third-order valence-corrected chi connectivity index (χ3v) is 4.27. The summed E-state index contributed by atoms with van der Waals surface area (Å²) >= 11 is 0. The molecule has 27 heavy (non-hydrogen) atoms. The summed E-state index contributed by atoms with van der Waals surface area (Å²) in [6, 6.07) is 15.2. The molecule has 136 valence electrons. The second kappa shape index (κ2) is 7.03. The lowest BCUT2D eigenvalue weighted by Gasteiger charge is -2.01. The standard InChI is InChI=1S/C20H19N5O2/c1-3-27-20(26)16-10-7-11-18-17(16)12-24(22-18)13-19-14(2)21-25(23-19)15-8-5-4-6-9-15/h4-12H,3,13H2,1-2H3. The molecule has 4 rings (SSSR count). The molecule has 0 N–H and O–H groups in total. The Morgan fingerprint density at radius 3 is 2.63 bits per heavy atom. The maximum Gasteiger partial charge on any atom is 0.338 e. The highest BCUT2D eigenvalue weighted by atomic mass is 16.5. The van der Waals surface area contributed by atoms with Crippen LogP contribution in [0.15, 0.2) is 54.7 Å². The lowest BCUT2D eigenvalue weighted by molar-refractivity contribution is 0.0528. The number of hydrogen-bond donors (Lipinski definition) is 0. The predicted molar refractivity (Wildman–Crippen MR) is 101 cm³/mol. The molecule has 0 saturated carbocycles. The van der Waals surface area contributed by atoms with Crippen LogP contribution in [-0.2, 0) is 11.3 Å². The van der Waals surface area contributed by atoms with E-state index in [2.05, 4.69) is 15.3 Å². The monoisotopic (exact) mass is 361 g/mol. The van der Waals surface area contributed by atoms with Gasteiger partial charge in [-0.1, -0.05) is 24.3 Å². The van der Waals surface area contributed by atoms with Gasteiger partial charge in [0.05, 0.1) is 35.6 Å². The Hall–Kier alpha value is -3.48. The third-order valence-electron chi connectivity index (χ3n) is 4.27. The number of aromatic nitrogens is 5. The maximum atomic E-state index is 12.2. The van der Waals surface area contributed by atoms with Crippen molar-refractivity contribution in [2.45, 2.75) is 20.4 Å². The Labute approximate surface area is 156 Å². The minimum absolute atomic E-state index is 0.338. The molecule has 0 saturated heterocycles. The molecule has 0 fully saturated rings. The van der Waals surface area contributed by atoms with Crippen molar-refractivity contribution < 1.29 is 9.53 Å². The van der Waals surface area contributed by atoms with Crippen molar-refractivity contribution >= 4 is 16.9 Å². The molecular weight excluding hydrogens is 342 g/mol. The first-order valence-corrected chi connectivity index (χ1v) is 8.77. The summed E-state index contributed by atoms with van der Waals surface area (Å²) in [4.78, 5) is 13.8. The van der Waals surface area contributed by atoms with Crippen molar-refractivity contribution in [3.8, 4) is 5.69 Å². The second-order valence-corrected chi connectivity index (χ2v) is 6.14. The number of carbonyl (C=O) groups excluding carboxylic acids is 1.